The molecule has 0 aliphatic heterocycles. The van der Waals surface area contributed by atoms with Crippen molar-refractivity contribution >= 4 is 52.4 Å². The summed E-state index contributed by atoms with van der Waals surface area (Å²) in [4.78, 5) is 48.6. The van der Waals surface area contributed by atoms with Gasteiger partial charge in [-0.25, -0.2) is 4.79 Å². The van der Waals surface area contributed by atoms with Crippen LogP contribution in [-0.2, 0) is 9.59 Å². The highest BCUT2D eigenvalue weighted by atomic mass is 32.1. The largest absolute Gasteiger partial charge is 0.481 e. The lowest BCUT2D eigenvalue weighted by molar-refractivity contribution is -0.137. The van der Waals surface area contributed by atoms with Gasteiger partial charge >= 0.3 is 17.9 Å². The summed E-state index contributed by atoms with van der Waals surface area (Å²) >= 11 is 4.95. The Balaban J connectivity index is 1.80. The van der Waals surface area contributed by atoms with E-state index in [4.69, 9.17) is 32.5 Å². The van der Waals surface area contributed by atoms with E-state index < -0.39 is 23.8 Å². The summed E-state index contributed by atoms with van der Waals surface area (Å²) < 4.78 is 11.0. The summed E-state index contributed by atoms with van der Waals surface area (Å²) in [7, 11) is 0. The van der Waals surface area contributed by atoms with E-state index in [0.29, 0.717) is 16.8 Å². The van der Waals surface area contributed by atoms with Crippen LogP contribution < -0.4 is 20.5 Å². The second kappa shape index (κ2) is 15.1. The van der Waals surface area contributed by atoms with Crippen LogP contribution in [0.25, 0.3) is 0 Å². The van der Waals surface area contributed by atoms with Crippen LogP contribution in [0, 0.1) is 5.92 Å². The van der Waals surface area contributed by atoms with E-state index in [-0.39, 0.29) is 53.0 Å². The van der Waals surface area contributed by atoms with Gasteiger partial charge in [0.2, 0.25) is 0 Å². The van der Waals surface area contributed by atoms with E-state index in [1.165, 1.54) is 30.3 Å². The topological polar surface area (TPSA) is 170 Å². The molecule has 0 aromatic heterocycles. The molecule has 0 bridgehead atoms. The molecule has 4 N–H and O–H groups in total. The molecule has 218 valence electrons. The molecule has 0 heterocycles. The number of benzene rings is 3. The molecule has 12 heteroatoms. The van der Waals surface area contributed by atoms with Gasteiger partial charge in [-0.15, -0.1) is 0 Å². The molecule has 3 aromatic rings. The van der Waals surface area contributed by atoms with Crippen LogP contribution in [0.2, 0.25) is 0 Å². The normalized spacial score (nSPS) is 11.5. The molecule has 0 fully saturated rings. The number of carboxylic acids is 1. The van der Waals surface area contributed by atoms with Gasteiger partial charge in [0.1, 0.15) is 22.1 Å². The first-order valence-electron chi connectivity index (χ1n) is 13.0. The summed E-state index contributed by atoms with van der Waals surface area (Å²) in [6.45, 7) is 3.90. The summed E-state index contributed by atoms with van der Waals surface area (Å²) in [5.74, 6) is -2.33. The maximum absolute atomic E-state index is 13.1. The second-order valence-corrected chi connectivity index (χ2v) is 9.74. The molecule has 42 heavy (non-hydrogen) atoms. The maximum atomic E-state index is 13.1. The van der Waals surface area contributed by atoms with Crippen molar-refractivity contribution in [1.29, 1.82) is 0 Å². The maximum Gasteiger partial charge on any atom is 0.347 e. The number of hydrogen-bond acceptors (Lipinski definition) is 9. The highest BCUT2D eigenvalue weighted by molar-refractivity contribution is 7.80. The molecule has 1 amide bonds. The zero-order chi connectivity index (χ0) is 30.6. The van der Waals surface area contributed by atoms with Gasteiger partial charge in [0.05, 0.1) is 17.8 Å². The van der Waals surface area contributed by atoms with Gasteiger partial charge in [0, 0.05) is 24.1 Å². The number of nitrogens with one attached hydrogen (secondary N) is 1. The molecule has 11 nitrogen and oxygen atoms in total. The zero-order valence-electron chi connectivity index (χ0n) is 23.0. The number of ether oxygens (including phenoxy) is 2. The van der Waals surface area contributed by atoms with Crippen molar-refractivity contribution in [3.05, 3.63) is 83.4 Å². The lowest BCUT2D eigenvalue weighted by atomic mass is 10.1. The Labute approximate surface area is 247 Å². The fourth-order valence-corrected chi connectivity index (χ4v) is 3.59. The third-order valence-corrected chi connectivity index (χ3v) is 6.24. The molecule has 0 spiro atoms. The fraction of sp³-hybridized carbons (Fsp3) is 0.233. The Hall–Kier alpha value is -4.97. The molecule has 0 aliphatic rings. The number of aliphatic carboxylic acids is 1. The van der Waals surface area contributed by atoms with Crippen LogP contribution in [0.5, 0.6) is 11.5 Å². The van der Waals surface area contributed by atoms with Gasteiger partial charge < -0.3 is 25.6 Å². The first-order chi connectivity index (χ1) is 20.0. The van der Waals surface area contributed by atoms with E-state index in [1.807, 2.05) is 13.8 Å². The lowest BCUT2D eigenvalue weighted by Crippen LogP contribution is -2.25. The van der Waals surface area contributed by atoms with Crippen molar-refractivity contribution in [2.75, 3.05) is 6.54 Å². The van der Waals surface area contributed by atoms with Crippen LogP contribution in [-0.4, -0.2) is 40.5 Å². The number of carbonyl (C=O) groups is 4. The van der Waals surface area contributed by atoms with Crippen molar-refractivity contribution in [2.24, 2.45) is 21.9 Å². The number of carbonyl (C=O) groups excluding carboxylic acids is 3. The van der Waals surface area contributed by atoms with Gasteiger partial charge in [0.15, 0.2) is 0 Å². The molecule has 3 aromatic carbocycles. The molecule has 0 saturated heterocycles. The molecule has 0 radical (unpaired) electrons. The summed E-state index contributed by atoms with van der Waals surface area (Å²) in [5, 5.41) is 19.5. The average molecular weight is 591 g/mol. The predicted octanol–water partition coefficient (Wildman–Crippen LogP) is 5.50. The summed E-state index contributed by atoms with van der Waals surface area (Å²) in [6.07, 6.45) is 0.793. The van der Waals surface area contributed by atoms with Crippen LogP contribution in [0.3, 0.4) is 0 Å². The average Bonchev–Trinajstić information content (AvgIpc) is 2.96. The molecule has 3 rings (SSSR count). The Morgan fingerprint density at radius 2 is 1.55 bits per heavy atom. The molecular formula is C30H30N4O7S. The smallest absolute Gasteiger partial charge is 0.347 e. The SMILES string of the molecule is CCC(C)CC(=O)Oc1ccc(N=Nc2ccc(C(=O)NCCC(=O)O)cc2)cc1C(=O)Oc1ccc(C(N)=S)cc1. The third-order valence-electron chi connectivity index (χ3n) is 6.00. The fourth-order valence-electron chi connectivity index (χ4n) is 3.45. The van der Waals surface area contributed by atoms with Gasteiger partial charge in [-0.2, -0.15) is 10.2 Å². The van der Waals surface area contributed by atoms with Gasteiger partial charge in [-0.1, -0.05) is 32.5 Å². The van der Waals surface area contributed by atoms with E-state index in [0.717, 1.165) is 6.42 Å². The van der Waals surface area contributed by atoms with Crippen molar-refractivity contribution in [2.45, 2.75) is 33.1 Å². The first-order valence-corrected chi connectivity index (χ1v) is 13.4. The van der Waals surface area contributed by atoms with Crippen molar-refractivity contribution in [3.63, 3.8) is 0 Å². The number of hydrogen-bond donors (Lipinski definition) is 3. The first kappa shape index (κ1) is 31.6. The number of esters is 2. The Kier molecular flexibility index (Phi) is 11.4. The van der Waals surface area contributed by atoms with Crippen LogP contribution in [0.1, 0.15) is 59.4 Å². The van der Waals surface area contributed by atoms with E-state index in [2.05, 4.69) is 15.5 Å². The van der Waals surface area contributed by atoms with E-state index in [9.17, 15) is 19.2 Å². The number of nitrogens with two attached hydrogens (primary N) is 1. The van der Waals surface area contributed by atoms with Gasteiger partial charge in [-0.3, -0.25) is 14.4 Å². The minimum atomic E-state index is -1.01. The van der Waals surface area contributed by atoms with Crippen molar-refractivity contribution in [3.8, 4) is 11.5 Å². The van der Waals surface area contributed by atoms with Crippen LogP contribution in [0.15, 0.2) is 77.0 Å². The van der Waals surface area contributed by atoms with E-state index in [1.54, 1.807) is 36.4 Å². The zero-order valence-corrected chi connectivity index (χ0v) is 23.8. The molecule has 0 saturated carbocycles. The minimum absolute atomic E-state index is 0.0103. The predicted molar refractivity (Wildman–Crippen MR) is 159 cm³/mol. The number of azo groups is 1. The number of amides is 1. The third kappa shape index (κ3) is 9.59. The number of nitrogens with zero attached hydrogens (tertiary/aromatic N) is 2. The number of carboxylic acid groups (broad SMARTS) is 1. The van der Waals surface area contributed by atoms with Crippen LogP contribution >= 0.6 is 12.2 Å². The summed E-state index contributed by atoms with van der Waals surface area (Å²) in [6, 6.07) is 16.9. The molecule has 0 aliphatic carbocycles. The highest BCUT2D eigenvalue weighted by Crippen LogP contribution is 2.28. The van der Waals surface area contributed by atoms with E-state index >= 15 is 0 Å². The molecule has 1 unspecified atom stereocenters. The minimum Gasteiger partial charge on any atom is -0.481 e. The highest BCUT2D eigenvalue weighted by Gasteiger charge is 2.20. The Morgan fingerprint density at radius 1 is 0.929 bits per heavy atom. The summed E-state index contributed by atoms with van der Waals surface area (Å²) in [5.41, 5.74) is 7.23. The van der Waals surface area contributed by atoms with Crippen LogP contribution in [0.4, 0.5) is 11.4 Å². The monoisotopic (exact) mass is 590 g/mol. The second-order valence-electron chi connectivity index (χ2n) is 9.30. The lowest BCUT2D eigenvalue weighted by Gasteiger charge is -2.12. The molecular weight excluding hydrogens is 560 g/mol. The molecule has 1 atom stereocenters. The van der Waals surface area contributed by atoms with Gasteiger partial charge in [0.25, 0.3) is 5.91 Å². The van der Waals surface area contributed by atoms with Gasteiger partial charge in [-0.05, 0) is 72.6 Å². The quantitative estimate of drug-likeness (QED) is 0.101. The standard InChI is InChI=1S/C30H30N4O7S/c1-3-18(2)16-27(37)41-25-13-10-22(17-24(25)30(39)40-23-11-6-19(7-12-23)28(31)42)34-33-21-8-4-20(5-9-21)29(38)32-15-14-26(35)36/h4-13,17-18H,3,14-16H2,1-2H3,(H2,31,42)(H,32,38)(H,35,36). The van der Waals surface area contributed by atoms with Crippen molar-refractivity contribution in [1.82, 2.24) is 5.32 Å². The Morgan fingerprint density at radius 3 is 2.17 bits per heavy atom. The number of rotatable bonds is 13. The Bertz CT molecular complexity index is 1490. The van der Waals surface area contributed by atoms with Crippen molar-refractivity contribution < 1.29 is 33.8 Å². The number of thiocarbonyl (C=S) groups is 1.